The Morgan fingerprint density at radius 3 is 2.33 bits per heavy atom. The molecule has 0 spiro atoms. The fourth-order valence-electron chi connectivity index (χ4n) is 2.02. The van der Waals surface area contributed by atoms with E-state index in [1.807, 2.05) is 0 Å². The van der Waals surface area contributed by atoms with Crippen LogP contribution in [0.5, 0.6) is 0 Å². The van der Waals surface area contributed by atoms with Crippen LogP contribution >= 0.6 is 0 Å². The molecule has 2 rings (SSSR count). The van der Waals surface area contributed by atoms with Gasteiger partial charge in [0.05, 0.1) is 4.90 Å². The molecular weight excluding hydrogens is 248 g/mol. The number of rotatable bonds is 5. The van der Waals surface area contributed by atoms with Crippen LogP contribution in [-0.2, 0) is 16.6 Å². The zero-order valence-corrected chi connectivity index (χ0v) is 11.6. The molecule has 1 aromatic rings. The van der Waals surface area contributed by atoms with Crippen molar-refractivity contribution in [3.8, 4) is 0 Å². The van der Waals surface area contributed by atoms with Crippen molar-refractivity contribution < 1.29 is 8.42 Å². The monoisotopic (exact) mass is 268 g/mol. The summed E-state index contributed by atoms with van der Waals surface area (Å²) in [6, 6.07) is 6.69. The quantitative estimate of drug-likeness (QED) is 0.849. The minimum absolute atomic E-state index is 0.284. The lowest BCUT2D eigenvalue weighted by molar-refractivity contribution is 0.537. The molecule has 0 radical (unpaired) electrons. The van der Waals surface area contributed by atoms with Crippen LogP contribution in [0.2, 0.25) is 0 Å². The Labute approximate surface area is 109 Å². The molecule has 1 fully saturated rings. The SMILES string of the molecule is CC1(C)CC1CNS(=O)(=O)c1ccc(CN)cc1. The predicted octanol–water partition coefficient (Wildman–Crippen LogP) is 1.47. The molecule has 1 unspecified atom stereocenters. The van der Waals surface area contributed by atoms with E-state index in [4.69, 9.17) is 5.73 Å². The van der Waals surface area contributed by atoms with Gasteiger partial charge in [-0.05, 0) is 35.4 Å². The molecule has 4 nitrogen and oxygen atoms in total. The molecule has 1 atom stereocenters. The van der Waals surface area contributed by atoms with E-state index >= 15 is 0 Å². The van der Waals surface area contributed by atoms with Gasteiger partial charge >= 0.3 is 0 Å². The van der Waals surface area contributed by atoms with Crippen molar-refractivity contribution in [1.82, 2.24) is 4.72 Å². The highest BCUT2D eigenvalue weighted by Gasteiger charge is 2.45. The second-order valence-corrected chi connectivity index (χ2v) is 7.36. The first-order valence-corrected chi connectivity index (χ1v) is 7.62. The van der Waals surface area contributed by atoms with Crippen molar-refractivity contribution >= 4 is 10.0 Å². The average molecular weight is 268 g/mol. The number of nitrogens with one attached hydrogen (secondary N) is 1. The van der Waals surface area contributed by atoms with Gasteiger partial charge in [0.1, 0.15) is 0 Å². The zero-order chi connectivity index (χ0) is 13.4. The Hall–Kier alpha value is -0.910. The molecule has 3 N–H and O–H groups in total. The number of nitrogens with two attached hydrogens (primary N) is 1. The van der Waals surface area contributed by atoms with Gasteiger partial charge in [-0.1, -0.05) is 26.0 Å². The van der Waals surface area contributed by atoms with Crippen LogP contribution in [0.4, 0.5) is 0 Å². The lowest BCUT2D eigenvalue weighted by atomic mass is 10.1. The number of sulfonamides is 1. The Bertz CT molecular complexity index is 520. The van der Waals surface area contributed by atoms with E-state index in [0.29, 0.717) is 23.9 Å². The third kappa shape index (κ3) is 2.91. The molecule has 100 valence electrons. The third-order valence-corrected chi connectivity index (χ3v) is 5.15. The molecular formula is C13H20N2O2S. The highest BCUT2D eigenvalue weighted by molar-refractivity contribution is 7.89. The van der Waals surface area contributed by atoms with E-state index in [2.05, 4.69) is 18.6 Å². The Balaban J connectivity index is 2.01. The first-order valence-electron chi connectivity index (χ1n) is 6.14. The molecule has 0 saturated heterocycles. The summed E-state index contributed by atoms with van der Waals surface area (Å²) in [5.74, 6) is 0.454. The predicted molar refractivity (Wildman–Crippen MR) is 71.4 cm³/mol. The van der Waals surface area contributed by atoms with Crippen LogP contribution in [0.25, 0.3) is 0 Å². The standard InChI is InChI=1S/C13H20N2O2S/c1-13(2)7-11(13)9-15-18(16,17)12-5-3-10(8-14)4-6-12/h3-6,11,15H,7-9,14H2,1-2H3. The molecule has 5 heteroatoms. The van der Waals surface area contributed by atoms with Crippen molar-refractivity contribution in [2.24, 2.45) is 17.1 Å². The Kier molecular flexibility index (Phi) is 3.49. The maximum atomic E-state index is 12.0. The van der Waals surface area contributed by atoms with E-state index in [1.165, 1.54) is 0 Å². The van der Waals surface area contributed by atoms with Crippen molar-refractivity contribution in [3.05, 3.63) is 29.8 Å². The maximum Gasteiger partial charge on any atom is 0.240 e. The van der Waals surface area contributed by atoms with Gasteiger partial charge in [-0.15, -0.1) is 0 Å². The number of benzene rings is 1. The van der Waals surface area contributed by atoms with Gasteiger partial charge in [-0.25, -0.2) is 13.1 Å². The van der Waals surface area contributed by atoms with Crippen LogP contribution in [0.1, 0.15) is 25.8 Å². The summed E-state index contributed by atoms with van der Waals surface area (Å²) in [6.45, 7) is 5.25. The van der Waals surface area contributed by atoms with Gasteiger partial charge in [0.25, 0.3) is 0 Å². The zero-order valence-electron chi connectivity index (χ0n) is 10.8. The summed E-state index contributed by atoms with van der Waals surface area (Å²) in [5.41, 5.74) is 6.69. The van der Waals surface area contributed by atoms with Gasteiger partial charge in [0, 0.05) is 13.1 Å². The largest absolute Gasteiger partial charge is 0.326 e. The van der Waals surface area contributed by atoms with Crippen LogP contribution in [0.3, 0.4) is 0 Å². The fourth-order valence-corrected chi connectivity index (χ4v) is 3.10. The van der Waals surface area contributed by atoms with E-state index in [0.717, 1.165) is 12.0 Å². The second kappa shape index (κ2) is 4.64. The van der Waals surface area contributed by atoms with Gasteiger partial charge in [-0.2, -0.15) is 0 Å². The number of hydrogen-bond donors (Lipinski definition) is 2. The summed E-state index contributed by atoms with van der Waals surface area (Å²) in [4.78, 5) is 0.304. The van der Waals surface area contributed by atoms with Crippen LogP contribution in [0, 0.1) is 11.3 Å². The Morgan fingerprint density at radius 2 is 1.89 bits per heavy atom. The molecule has 1 aliphatic rings. The molecule has 1 saturated carbocycles. The summed E-state index contributed by atoms with van der Waals surface area (Å²) >= 11 is 0. The summed E-state index contributed by atoms with van der Waals surface area (Å²) < 4.78 is 26.7. The maximum absolute atomic E-state index is 12.0. The average Bonchev–Trinajstić information content (AvgIpc) is 2.95. The van der Waals surface area contributed by atoms with Crippen molar-refractivity contribution in [2.45, 2.75) is 31.7 Å². The molecule has 0 amide bonds. The summed E-state index contributed by atoms with van der Waals surface area (Å²) in [6.07, 6.45) is 1.08. The van der Waals surface area contributed by atoms with Gasteiger partial charge in [0.2, 0.25) is 10.0 Å². The molecule has 0 bridgehead atoms. The molecule has 0 aromatic heterocycles. The highest BCUT2D eigenvalue weighted by Crippen LogP contribution is 2.51. The van der Waals surface area contributed by atoms with Crippen LogP contribution in [-0.4, -0.2) is 15.0 Å². The van der Waals surface area contributed by atoms with Crippen molar-refractivity contribution in [1.29, 1.82) is 0 Å². The summed E-state index contributed by atoms with van der Waals surface area (Å²) in [5, 5.41) is 0. The van der Waals surface area contributed by atoms with E-state index in [-0.39, 0.29) is 5.41 Å². The van der Waals surface area contributed by atoms with Gasteiger partial charge in [0.15, 0.2) is 0 Å². The topological polar surface area (TPSA) is 72.2 Å². The van der Waals surface area contributed by atoms with Crippen LogP contribution in [0.15, 0.2) is 29.2 Å². The fraction of sp³-hybridized carbons (Fsp3) is 0.538. The molecule has 18 heavy (non-hydrogen) atoms. The second-order valence-electron chi connectivity index (χ2n) is 5.59. The lowest BCUT2D eigenvalue weighted by Gasteiger charge is -2.08. The van der Waals surface area contributed by atoms with E-state index in [1.54, 1.807) is 24.3 Å². The smallest absolute Gasteiger partial charge is 0.240 e. The third-order valence-electron chi connectivity index (χ3n) is 3.71. The minimum atomic E-state index is -3.38. The lowest BCUT2D eigenvalue weighted by Crippen LogP contribution is -2.26. The molecule has 0 aliphatic heterocycles. The van der Waals surface area contributed by atoms with Crippen molar-refractivity contribution in [2.75, 3.05) is 6.54 Å². The van der Waals surface area contributed by atoms with E-state index in [9.17, 15) is 8.42 Å². The molecule has 1 aromatic carbocycles. The minimum Gasteiger partial charge on any atom is -0.326 e. The summed E-state index contributed by atoms with van der Waals surface area (Å²) in [7, 11) is -3.38. The van der Waals surface area contributed by atoms with Crippen LogP contribution < -0.4 is 10.5 Å². The first kappa shape index (κ1) is 13.5. The Morgan fingerprint density at radius 1 is 1.33 bits per heavy atom. The molecule has 1 aliphatic carbocycles. The van der Waals surface area contributed by atoms with Gasteiger partial charge in [-0.3, -0.25) is 0 Å². The van der Waals surface area contributed by atoms with Crippen molar-refractivity contribution in [3.63, 3.8) is 0 Å². The normalized spacial score (nSPS) is 21.8. The molecule has 0 heterocycles. The van der Waals surface area contributed by atoms with E-state index < -0.39 is 10.0 Å². The first-order chi connectivity index (χ1) is 8.35. The number of hydrogen-bond acceptors (Lipinski definition) is 3. The van der Waals surface area contributed by atoms with Gasteiger partial charge < -0.3 is 5.73 Å². The highest BCUT2D eigenvalue weighted by atomic mass is 32.2.